The zero-order chi connectivity index (χ0) is 19.9. The van der Waals surface area contributed by atoms with Crippen LogP contribution in [-0.4, -0.2) is 43.6 Å². The Hall–Kier alpha value is -2.89. The Balaban J connectivity index is 1.41. The van der Waals surface area contributed by atoms with E-state index in [1.165, 1.54) is 24.3 Å². The van der Waals surface area contributed by atoms with Crippen molar-refractivity contribution in [1.82, 2.24) is 4.90 Å². The highest BCUT2D eigenvalue weighted by Crippen LogP contribution is 2.21. The predicted octanol–water partition coefficient (Wildman–Crippen LogP) is 3.47. The number of esters is 1. The van der Waals surface area contributed by atoms with Gasteiger partial charge in [0.05, 0.1) is 19.6 Å². The standard InChI is InChI=1S/C22H24FNO4/c1-27-20-8-2-16(3-9-20)12-15-28-22(26)18-10-13-24(14-11-18)21(25)17-4-6-19(23)7-5-17/h2-9,18H,10-15H2,1H3. The molecule has 28 heavy (non-hydrogen) atoms. The highest BCUT2D eigenvalue weighted by atomic mass is 19.1. The van der Waals surface area contributed by atoms with Crippen LogP contribution < -0.4 is 4.74 Å². The predicted molar refractivity (Wildman–Crippen MR) is 103 cm³/mol. The normalized spacial score (nSPS) is 14.6. The van der Waals surface area contributed by atoms with Crippen molar-refractivity contribution in [3.8, 4) is 5.75 Å². The van der Waals surface area contributed by atoms with Gasteiger partial charge in [0.2, 0.25) is 0 Å². The van der Waals surface area contributed by atoms with Crippen molar-refractivity contribution in [2.24, 2.45) is 5.92 Å². The van der Waals surface area contributed by atoms with Crippen molar-refractivity contribution in [3.05, 3.63) is 65.5 Å². The summed E-state index contributed by atoms with van der Waals surface area (Å²) < 4.78 is 23.5. The van der Waals surface area contributed by atoms with E-state index in [9.17, 15) is 14.0 Å². The lowest BCUT2D eigenvalue weighted by Crippen LogP contribution is -2.40. The fourth-order valence-electron chi connectivity index (χ4n) is 3.27. The first kappa shape index (κ1) is 19.9. The highest BCUT2D eigenvalue weighted by Gasteiger charge is 2.28. The number of hydrogen-bond donors (Lipinski definition) is 0. The molecule has 0 radical (unpaired) electrons. The maximum Gasteiger partial charge on any atom is 0.309 e. The first-order valence-electron chi connectivity index (χ1n) is 9.41. The molecule has 3 rings (SSSR count). The largest absolute Gasteiger partial charge is 0.497 e. The van der Waals surface area contributed by atoms with Gasteiger partial charge in [-0.05, 0) is 54.8 Å². The number of nitrogens with zero attached hydrogens (tertiary/aromatic N) is 1. The second kappa shape index (κ2) is 9.35. The molecule has 0 bridgehead atoms. The van der Waals surface area contributed by atoms with Gasteiger partial charge in [-0.1, -0.05) is 12.1 Å². The van der Waals surface area contributed by atoms with Crippen LogP contribution in [0.2, 0.25) is 0 Å². The van der Waals surface area contributed by atoms with Gasteiger partial charge >= 0.3 is 5.97 Å². The number of halogens is 1. The number of methoxy groups -OCH3 is 1. The Morgan fingerprint density at radius 1 is 1.04 bits per heavy atom. The molecule has 1 amide bonds. The summed E-state index contributed by atoms with van der Waals surface area (Å²) in [5.41, 5.74) is 1.54. The van der Waals surface area contributed by atoms with Gasteiger partial charge in [-0.25, -0.2) is 4.39 Å². The summed E-state index contributed by atoms with van der Waals surface area (Å²) in [6.45, 7) is 1.32. The molecule has 0 aliphatic carbocycles. The molecular weight excluding hydrogens is 361 g/mol. The summed E-state index contributed by atoms with van der Waals surface area (Å²) in [5.74, 6) is -0.0998. The van der Waals surface area contributed by atoms with Gasteiger partial charge in [-0.3, -0.25) is 9.59 Å². The summed E-state index contributed by atoms with van der Waals surface area (Å²) in [7, 11) is 1.62. The van der Waals surface area contributed by atoms with E-state index in [1.807, 2.05) is 24.3 Å². The van der Waals surface area contributed by atoms with E-state index in [2.05, 4.69) is 0 Å². The SMILES string of the molecule is COc1ccc(CCOC(=O)C2CCN(C(=O)c3ccc(F)cc3)CC2)cc1. The Kier molecular flexibility index (Phi) is 6.63. The summed E-state index contributed by atoms with van der Waals surface area (Å²) in [6.07, 6.45) is 1.81. The van der Waals surface area contributed by atoms with Gasteiger partial charge < -0.3 is 14.4 Å². The van der Waals surface area contributed by atoms with Gasteiger partial charge in [-0.2, -0.15) is 0 Å². The second-order valence-corrected chi connectivity index (χ2v) is 6.84. The maximum atomic E-state index is 13.0. The van der Waals surface area contributed by atoms with Crippen molar-refractivity contribution in [3.63, 3.8) is 0 Å². The summed E-state index contributed by atoms with van der Waals surface area (Å²) in [4.78, 5) is 26.4. The minimum atomic E-state index is -0.368. The number of benzene rings is 2. The molecule has 0 unspecified atom stereocenters. The van der Waals surface area contributed by atoms with Gasteiger partial charge in [0.25, 0.3) is 5.91 Å². The highest BCUT2D eigenvalue weighted by molar-refractivity contribution is 5.94. The van der Waals surface area contributed by atoms with E-state index in [4.69, 9.17) is 9.47 Å². The number of ether oxygens (including phenoxy) is 2. The quantitative estimate of drug-likeness (QED) is 0.715. The Bertz CT molecular complexity index is 796. The summed E-state index contributed by atoms with van der Waals surface area (Å²) in [5, 5.41) is 0. The average molecular weight is 385 g/mol. The van der Waals surface area contributed by atoms with Gasteiger partial charge in [0.1, 0.15) is 11.6 Å². The Morgan fingerprint density at radius 2 is 1.68 bits per heavy atom. The van der Waals surface area contributed by atoms with Crippen LogP contribution in [-0.2, 0) is 16.0 Å². The molecule has 2 aromatic carbocycles. The number of likely N-dealkylation sites (tertiary alicyclic amines) is 1. The first-order chi connectivity index (χ1) is 13.6. The molecule has 1 fully saturated rings. The fraction of sp³-hybridized carbons (Fsp3) is 0.364. The lowest BCUT2D eigenvalue weighted by Gasteiger charge is -2.31. The molecule has 1 aliphatic heterocycles. The van der Waals surface area contributed by atoms with Crippen molar-refractivity contribution in [2.75, 3.05) is 26.8 Å². The molecule has 0 aromatic heterocycles. The second-order valence-electron chi connectivity index (χ2n) is 6.84. The van der Waals surface area contributed by atoms with Crippen LogP contribution in [0, 0.1) is 11.7 Å². The molecule has 0 atom stereocenters. The van der Waals surface area contributed by atoms with Gasteiger partial charge in [0, 0.05) is 25.1 Å². The molecule has 6 heteroatoms. The number of amides is 1. The van der Waals surface area contributed by atoms with E-state index in [-0.39, 0.29) is 23.6 Å². The van der Waals surface area contributed by atoms with Crippen LogP contribution in [0.15, 0.2) is 48.5 Å². The van der Waals surface area contributed by atoms with Gasteiger partial charge in [0.15, 0.2) is 0 Å². The third-order valence-electron chi connectivity index (χ3n) is 5.00. The molecular formula is C22H24FNO4. The molecule has 0 N–H and O–H groups in total. The Labute approximate surface area is 164 Å². The maximum absolute atomic E-state index is 13.0. The molecule has 1 heterocycles. The number of rotatable bonds is 6. The minimum absolute atomic E-state index is 0.133. The lowest BCUT2D eigenvalue weighted by atomic mass is 9.96. The van der Waals surface area contributed by atoms with Crippen LogP contribution >= 0.6 is 0 Å². The minimum Gasteiger partial charge on any atom is -0.497 e. The van der Waals surface area contributed by atoms with E-state index in [0.717, 1.165) is 11.3 Å². The van der Waals surface area contributed by atoms with Crippen LogP contribution in [0.3, 0.4) is 0 Å². The summed E-state index contributed by atoms with van der Waals surface area (Å²) in [6, 6.07) is 13.2. The number of piperidine rings is 1. The van der Waals surface area contributed by atoms with Crippen molar-refractivity contribution in [2.45, 2.75) is 19.3 Å². The first-order valence-corrected chi connectivity index (χ1v) is 9.41. The van der Waals surface area contributed by atoms with Crippen LogP contribution in [0.5, 0.6) is 5.75 Å². The van der Waals surface area contributed by atoms with Crippen LogP contribution in [0.1, 0.15) is 28.8 Å². The Morgan fingerprint density at radius 3 is 2.29 bits per heavy atom. The third kappa shape index (κ3) is 5.09. The van der Waals surface area contributed by atoms with E-state index < -0.39 is 0 Å². The zero-order valence-electron chi connectivity index (χ0n) is 15.9. The van der Waals surface area contributed by atoms with E-state index in [0.29, 0.717) is 44.5 Å². The topological polar surface area (TPSA) is 55.8 Å². The lowest BCUT2D eigenvalue weighted by molar-refractivity contribution is -0.149. The van der Waals surface area contributed by atoms with E-state index in [1.54, 1.807) is 12.0 Å². The summed E-state index contributed by atoms with van der Waals surface area (Å²) >= 11 is 0. The van der Waals surface area contributed by atoms with Gasteiger partial charge in [-0.15, -0.1) is 0 Å². The number of carbonyl (C=O) groups is 2. The van der Waals surface area contributed by atoms with Crippen molar-refractivity contribution >= 4 is 11.9 Å². The zero-order valence-corrected chi connectivity index (χ0v) is 15.9. The molecule has 1 aliphatic rings. The molecule has 1 saturated heterocycles. The molecule has 0 spiro atoms. The monoisotopic (exact) mass is 385 g/mol. The van der Waals surface area contributed by atoms with Crippen molar-refractivity contribution in [1.29, 1.82) is 0 Å². The molecule has 0 saturated carbocycles. The van der Waals surface area contributed by atoms with Crippen LogP contribution in [0.4, 0.5) is 4.39 Å². The number of carbonyl (C=O) groups excluding carboxylic acids is 2. The van der Waals surface area contributed by atoms with Crippen molar-refractivity contribution < 1.29 is 23.5 Å². The third-order valence-corrected chi connectivity index (χ3v) is 5.00. The van der Waals surface area contributed by atoms with Crippen LogP contribution in [0.25, 0.3) is 0 Å². The smallest absolute Gasteiger partial charge is 0.309 e. The number of hydrogen-bond acceptors (Lipinski definition) is 4. The average Bonchev–Trinajstić information content (AvgIpc) is 2.74. The molecule has 5 nitrogen and oxygen atoms in total. The fourth-order valence-corrected chi connectivity index (χ4v) is 3.27. The van der Waals surface area contributed by atoms with E-state index >= 15 is 0 Å². The molecule has 148 valence electrons. The molecule has 2 aromatic rings.